The third kappa shape index (κ3) is 6.29. The predicted octanol–water partition coefficient (Wildman–Crippen LogP) is 2.29. The van der Waals surface area contributed by atoms with Gasteiger partial charge in [0, 0.05) is 5.57 Å². The van der Waals surface area contributed by atoms with Gasteiger partial charge in [-0.15, -0.1) is 0 Å². The lowest BCUT2D eigenvalue weighted by molar-refractivity contribution is -0.140. The summed E-state index contributed by atoms with van der Waals surface area (Å²) in [7, 11) is 0. The van der Waals surface area contributed by atoms with Crippen LogP contribution in [0.25, 0.3) is 0 Å². The van der Waals surface area contributed by atoms with Crippen LogP contribution < -0.4 is 0 Å². The van der Waals surface area contributed by atoms with E-state index >= 15 is 0 Å². The van der Waals surface area contributed by atoms with E-state index in [0.717, 1.165) is 6.42 Å². The van der Waals surface area contributed by atoms with Crippen molar-refractivity contribution in [2.45, 2.75) is 20.3 Å². The number of esters is 1. The number of hydrogen-bond donors (Lipinski definition) is 0. The van der Waals surface area contributed by atoms with E-state index in [1.165, 1.54) is 6.26 Å². The van der Waals surface area contributed by atoms with E-state index in [9.17, 15) is 4.79 Å². The summed E-state index contributed by atoms with van der Waals surface area (Å²) >= 11 is 0. The molecule has 1 unspecified atom stereocenters. The van der Waals surface area contributed by atoms with Crippen LogP contribution in [0.5, 0.6) is 0 Å². The highest BCUT2D eigenvalue weighted by atomic mass is 16.5. The Hall–Kier alpha value is -1.25. The second-order valence-electron chi connectivity index (χ2n) is 3.31. The van der Waals surface area contributed by atoms with Crippen molar-refractivity contribution in [3.05, 3.63) is 25.0 Å². The topological polar surface area (TPSA) is 35.5 Å². The minimum absolute atomic E-state index is 0.290. The average Bonchev–Trinajstić information content (AvgIpc) is 2.14. The third-order valence-electron chi connectivity index (χ3n) is 1.69. The number of rotatable bonds is 7. The zero-order chi connectivity index (χ0) is 11.0. The molecule has 0 radical (unpaired) electrons. The van der Waals surface area contributed by atoms with Crippen LogP contribution in [0.4, 0.5) is 0 Å². The molecule has 0 aliphatic carbocycles. The molecule has 80 valence electrons. The number of carbonyl (C=O) groups excluding carboxylic acids is 1. The van der Waals surface area contributed by atoms with E-state index in [1.54, 1.807) is 6.92 Å². The van der Waals surface area contributed by atoms with Crippen molar-refractivity contribution in [2.24, 2.45) is 5.92 Å². The van der Waals surface area contributed by atoms with Gasteiger partial charge in [0.15, 0.2) is 0 Å². The van der Waals surface area contributed by atoms with E-state index < -0.39 is 0 Å². The first-order chi connectivity index (χ1) is 6.57. The molecule has 3 nitrogen and oxygen atoms in total. The van der Waals surface area contributed by atoms with Crippen molar-refractivity contribution < 1.29 is 14.3 Å². The second-order valence-corrected chi connectivity index (χ2v) is 3.31. The van der Waals surface area contributed by atoms with Crippen molar-refractivity contribution >= 4 is 5.97 Å². The van der Waals surface area contributed by atoms with Gasteiger partial charge in [-0.2, -0.15) is 0 Å². The lowest BCUT2D eigenvalue weighted by atomic mass is 10.1. The molecule has 0 heterocycles. The first kappa shape index (κ1) is 12.8. The maximum Gasteiger partial charge on any atom is 0.333 e. The van der Waals surface area contributed by atoms with Gasteiger partial charge < -0.3 is 9.47 Å². The number of carbonyl (C=O) groups is 1. The molecule has 0 aromatic carbocycles. The molecule has 0 aromatic heterocycles. The van der Waals surface area contributed by atoms with Crippen molar-refractivity contribution in [1.29, 1.82) is 0 Å². The molecule has 1 atom stereocenters. The van der Waals surface area contributed by atoms with Gasteiger partial charge in [0.25, 0.3) is 0 Å². The molecule has 0 aliphatic rings. The summed E-state index contributed by atoms with van der Waals surface area (Å²) in [5.41, 5.74) is 0.430. The molecule has 0 spiro atoms. The van der Waals surface area contributed by atoms with E-state index in [4.69, 9.17) is 9.47 Å². The van der Waals surface area contributed by atoms with E-state index in [1.807, 2.05) is 6.92 Å². The van der Waals surface area contributed by atoms with Gasteiger partial charge >= 0.3 is 5.97 Å². The Balaban J connectivity index is 3.52. The van der Waals surface area contributed by atoms with E-state index in [0.29, 0.717) is 24.7 Å². The summed E-state index contributed by atoms with van der Waals surface area (Å²) < 4.78 is 9.94. The Morgan fingerprint density at radius 2 is 2.21 bits per heavy atom. The smallest absolute Gasteiger partial charge is 0.333 e. The highest BCUT2D eigenvalue weighted by molar-refractivity contribution is 5.86. The van der Waals surface area contributed by atoms with Crippen molar-refractivity contribution in [3.63, 3.8) is 0 Å². The molecule has 0 bridgehead atoms. The van der Waals surface area contributed by atoms with Crippen molar-refractivity contribution in [1.82, 2.24) is 0 Å². The van der Waals surface area contributed by atoms with Gasteiger partial charge in [-0.3, -0.25) is 0 Å². The van der Waals surface area contributed by atoms with Gasteiger partial charge in [0.05, 0.1) is 19.5 Å². The zero-order valence-electron chi connectivity index (χ0n) is 8.91. The number of hydrogen-bond acceptors (Lipinski definition) is 3. The lowest BCUT2D eigenvalue weighted by Crippen LogP contribution is -2.13. The summed E-state index contributed by atoms with van der Waals surface area (Å²) in [6, 6.07) is 0. The molecule has 0 rings (SSSR count). The van der Waals surface area contributed by atoms with Crippen LogP contribution >= 0.6 is 0 Å². The Morgan fingerprint density at radius 3 is 2.71 bits per heavy atom. The SMILES string of the molecule is C=COCCC(C)COC(=O)C(=C)C. The van der Waals surface area contributed by atoms with E-state index in [2.05, 4.69) is 13.2 Å². The van der Waals surface area contributed by atoms with Gasteiger partial charge in [0.1, 0.15) is 0 Å². The van der Waals surface area contributed by atoms with Crippen LogP contribution in [0.2, 0.25) is 0 Å². The monoisotopic (exact) mass is 198 g/mol. The van der Waals surface area contributed by atoms with Gasteiger partial charge in [-0.1, -0.05) is 20.1 Å². The molecule has 0 amide bonds. The Bertz CT molecular complexity index is 209. The third-order valence-corrected chi connectivity index (χ3v) is 1.69. The minimum atomic E-state index is -0.332. The van der Waals surface area contributed by atoms with Crippen LogP contribution in [0.3, 0.4) is 0 Å². The molecule has 0 fully saturated rings. The molecular formula is C11H18O3. The summed E-state index contributed by atoms with van der Waals surface area (Å²) in [5.74, 6) is -0.0419. The fraction of sp³-hybridized carbons (Fsp3) is 0.545. The van der Waals surface area contributed by atoms with Crippen molar-refractivity contribution in [2.75, 3.05) is 13.2 Å². The van der Waals surface area contributed by atoms with E-state index in [-0.39, 0.29) is 5.97 Å². The molecule has 0 saturated heterocycles. The fourth-order valence-electron chi connectivity index (χ4n) is 0.777. The van der Waals surface area contributed by atoms with Crippen LogP contribution in [0.15, 0.2) is 25.0 Å². The second kappa shape index (κ2) is 7.18. The Kier molecular flexibility index (Phi) is 6.54. The highest BCUT2D eigenvalue weighted by Crippen LogP contribution is 2.04. The molecular weight excluding hydrogens is 180 g/mol. The molecule has 0 saturated carbocycles. The summed E-state index contributed by atoms with van der Waals surface area (Å²) in [6.45, 7) is 11.6. The van der Waals surface area contributed by atoms with Crippen LogP contribution in [0, 0.1) is 5.92 Å². The first-order valence-corrected chi connectivity index (χ1v) is 4.63. The standard InChI is InChI=1S/C11H18O3/c1-5-13-7-6-10(4)8-14-11(12)9(2)3/h5,10H,1-2,6-8H2,3-4H3. The van der Waals surface area contributed by atoms with Crippen LogP contribution in [0.1, 0.15) is 20.3 Å². The maximum absolute atomic E-state index is 11.0. The normalized spacial score (nSPS) is 11.6. The first-order valence-electron chi connectivity index (χ1n) is 4.63. The molecule has 0 N–H and O–H groups in total. The predicted molar refractivity (Wildman–Crippen MR) is 55.7 cm³/mol. The Labute approximate surface area is 85.4 Å². The lowest BCUT2D eigenvalue weighted by Gasteiger charge is -2.11. The van der Waals surface area contributed by atoms with Gasteiger partial charge in [-0.25, -0.2) is 4.79 Å². The van der Waals surface area contributed by atoms with Gasteiger partial charge in [0.2, 0.25) is 0 Å². The minimum Gasteiger partial charge on any atom is -0.502 e. The highest BCUT2D eigenvalue weighted by Gasteiger charge is 2.07. The largest absolute Gasteiger partial charge is 0.502 e. The zero-order valence-corrected chi connectivity index (χ0v) is 8.91. The number of ether oxygens (including phenoxy) is 2. The average molecular weight is 198 g/mol. The maximum atomic E-state index is 11.0. The van der Waals surface area contributed by atoms with Crippen molar-refractivity contribution in [3.8, 4) is 0 Å². The Morgan fingerprint density at radius 1 is 1.57 bits per heavy atom. The fourth-order valence-corrected chi connectivity index (χ4v) is 0.777. The van der Waals surface area contributed by atoms with Gasteiger partial charge in [-0.05, 0) is 19.3 Å². The van der Waals surface area contributed by atoms with Crippen LogP contribution in [-0.2, 0) is 14.3 Å². The molecule has 0 aromatic rings. The summed E-state index contributed by atoms with van der Waals surface area (Å²) in [4.78, 5) is 11.0. The summed E-state index contributed by atoms with van der Waals surface area (Å²) in [5, 5.41) is 0. The molecule has 0 aliphatic heterocycles. The summed E-state index contributed by atoms with van der Waals surface area (Å²) in [6.07, 6.45) is 2.25. The molecule has 3 heteroatoms. The quantitative estimate of drug-likeness (QED) is 0.272. The van der Waals surface area contributed by atoms with Crippen LogP contribution in [-0.4, -0.2) is 19.2 Å². The molecule has 14 heavy (non-hydrogen) atoms.